The Kier molecular flexibility index (Phi) is 8.32. The van der Waals surface area contributed by atoms with Crippen molar-refractivity contribution in [2.45, 2.75) is 29.6 Å². The Hall–Kier alpha value is -3.95. The van der Waals surface area contributed by atoms with Gasteiger partial charge in [-0.3, -0.25) is 4.79 Å². The molecule has 0 unspecified atom stereocenters. The number of aromatic nitrogens is 3. The van der Waals surface area contributed by atoms with Crippen LogP contribution in [-0.2, 0) is 0 Å². The van der Waals surface area contributed by atoms with Crippen molar-refractivity contribution < 1.29 is 4.79 Å². The van der Waals surface area contributed by atoms with Crippen LogP contribution in [0, 0.1) is 0 Å². The number of pyridine rings is 1. The number of carbonyl (C=O) groups is 1. The molecule has 0 saturated heterocycles. The van der Waals surface area contributed by atoms with Crippen molar-refractivity contribution >= 4 is 67.5 Å². The SMILES string of the molecule is CC(C)c1ccc2c(Nc3cc(NC(=O)c4ccc(Br)cc4)ccc3Sc3ccc(N(C)C)cc3)ncnc2n1. The van der Waals surface area contributed by atoms with Crippen LogP contribution in [0.3, 0.4) is 0 Å². The summed E-state index contributed by atoms with van der Waals surface area (Å²) < 4.78 is 0.919. The predicted octanol–water partition coefficient (Wildman–Crippen LogP) is 8.12. The molecule has 0 spiro atoms. The number of fused-ring (bicyclic) bond motifs is 1. The smallest absolute Gasteiger partial charge is 0.255 e. The van der Waals surface area contributed by atoms with Crippen molar-refractivity contribution in [3.63, 3.8) is 0 Å². The lowest BCUT2D eigenvalue weighted by atomic mass is 10.1. The fourth-order valence-electron chi connectivity index (χ4n) is 4.04. The van der Waals surface area contributed by atoms with Gasteiger partial charge in [0.2, 0.25) is 0 Å². The minimum Gasteiger partial charge on any atom is -0.378 e. The lowest BCUT2D eigenvalue weighted by molar-refractivity contribution is 0.102. The second-order valence-corrected chi connectivity index (χ2v) is 11.8. The van der Waals surface area contributed by atoms with E-state index in [4.69, 9.17) is 4.98 Å². The lowest BCUT2D eigenvalue weighted by Crippen LogP contribution is -2.12. The number of hydrogen-bond acceptors (Lipinski definition) is 7. The van der Waals surface area contributed by atoms with E-state index in [1.807, 2.05) is 56.6 Å². The summed E-state index contributed by atoms with van der Waals surface area (Å²) in [6, 6.07) is 25.5. The molecule has 7 nitrogen and oxygen atoms in total. The predicted molar refractivity (Wildman–Crippen MR) is 168 cm³/mol. The Morgan fingerprint density at radius 3 is 2.38 bits per heavy atom. The van der Waals surface area contributed by atoms with Crippen LogP contribution in [0.4, 0.5) is 22.9 Å². The molecule has 5 rings (SSSR count). The van der Waals surface area contributed by atoms with E-state index in [-0.39, 0.29) is 5.91 Å². The maximum absolute atomic E-state index is 12.9. The summed E-state index contributed by atoms with van der Waals surface area (Å²) in [6.07, 6.45) is 1.52. The topological polar surface area (TPSA) is 83.0 Å². The van der Waals surface area contributed by atoms with Gasteiger partial charge in [-0.25, -0.2) is 15.0 Å². The van der Waals surface area contributed by atoms with Gasteiger partial charge in [-0.2, -0.15) is 0 Å². The van der Waals surface area contributed by atoms with Gasteiger partial charge in [-0.1, -0.05) is 41.5 Å². The number of amides is 1. The van der Waals surface area contributed by atoms with E-state index in [1.54, 1.807) is 23.9 Å². The van der Waals surface area contributed by atoms with E-state index in [1.165, 1.54) is 6.33 Å². The van der Waals surface area contributed by atoms with E-state index < -0.39 is 0 Å². The summed E-state index contributed by atoms with van der Waals surface area (Å²) in [6.45, 7) is 4.22. The van der Waals surface area contributed by atoms with E-state index in [9.17, 15) is 4.79 Å². The summed E-state index contributed by atoms with van der Waals surface area (Å²) >= 11 is 5.05. The Morgan fingerprint density at radius 2 is 1.68 bits per heavy atom. The monoisotopic (exact) mass is 612 g/mol. The first-order valence-corrected chi connectivity index (χ1v) is 14.4. The first kappa shape index (κ1) is 27.6. The van der Waals surface area contributed by atoms with Crippen LogP contribution in [0.1, 0.15) is 35.8 Å². The molecule has 0 fully saturated rings. The Morgan fingerprint density at radius 1 is 0.925 bits per heavy atom. The molecule has 0 aliphatic rings. The largest absolute Gasteiger partial charge is 0.378 e. The molecule has 9 heteroatoms. The summed E-state index contributed by atoms with van der Waals surface area (Å²) in [5, 5.41) is 7.34. The summed E-state index contributed by atoms with van der Waals surface area (Å²) in [7, 11) is 4.05. The lowest BCUT2D eigenvalue weighted by Gasteiger charge is -2.16. The first-order chi connectivity index (χ1) is 19.3. The van der Waals surface area contributed by atoms with Gasteiger partial charge in [-0.15, -0.1) is 0 Å². The number of carbonyl (C=O) groups excluding carboxylic acids is 1. The minimum absolute atomic E-state index is 0.184. The van der Waals surface area contributed by atoms with E-state index in [0.717, 1.165) is 36.7 Å². The van der Waals surface area contributed by atoms with Crippen molar-refractivity contribution in [3.8, 4) is 0 Å². The van der Waals surface area contributed by atoms with Crippen LogP contribution in [0.15, 0.2) is 99.5 Å². The van der Waals surface area contributed by atoms with Crippen molar-refractivity contribution in [1.82, 2.24) is 15.0 Å². The molecule has 0 atom stereocenters. The second-order valence-electron chi connectivity index (χ2n) is 9.77. The van der Waals surface area contributed by atoms with Gasteiger partial charge < -0.3 is 15.5 Å². The Labute approximate surface area is 246 Å². The van der Waals surface area contributed by atoms with Crippen LogP contribution < -0.4 is 15.5 Å². The fourth-order valence-corrected chi connectivity index (χ4v) is 5.19. The minimum atomic E-state index is -0.184. The number of anilines is 4. The second kappa shape index (κ2) is 12.1. The maximum Gasteiger partial charge on any atom is 0.255 e. The quantitative estimate of drug-likeness (QED) is 0.183. The molecule has 0 saturated carbocycles. The summed E-state index contributed by atoms with van der Waals surface area (Å²) in [5.74, 6) is 0.758. The van der Waals surface area contributed by atoms with Gasteiger partial charge in [0.05, 0.1) is 11.1 Å². The van der Waals surface area contributed by atoms with Crippen LogP contribution in [0.25, 0.3) is 11.0 Å². The van der Waals surface area contributed by atoms with Crippen molar-refractivity contribution in [1.29, 1.82) is 0 Å². The Balaban J connectivity index is 1.49. The van der Waals surface area contributed by atoms with Crippen LogP contribution >= 0.6 is 27.7 Å². The number of nitrogens with one attached hydrogen (secondary N) is 2. The zero-order chi connectivity index (χ0) is 28.2. The van der Waals surface area contributed by atoms with E-state index in [0.29, 0.717) is 28.6 Å². The van der Waals surface area contributed by atoms with Gasteiger partial charge in [0.1, 0.15) is 12.1 Å². The molecule has 0 aliphatic heterocycles. The summed E-state index contributed by atoms with van der Waals surface area (Å²) in [5.41, 5.74) is 4.80. The molecular weight excluding hydrogens is 584 g/mol. The average molecular weight is 614 g/mol. The standard InChI is InChI=1S/C31H29BrN6OS/c1-19(2)26-15-14-25-29(36-26)33-18-34-30(25)37-27-17-22(35-31(39)20-5-7-21(32)8-6-20)9-16-28(27)40-24-12-10-23(11-13-24)38(3)4/h5-19H,1-4H3,(H,35,39)(H,33,34,36,37). The molecule has 2 N–H and O–H groups in total. The van der Waals surface area contributed by atoms with Gasteiger partial charge >= 0.3 is 0 Å². The molecular formula is C31H29BrN6OS. The van der Waals surface area contributed by atoms with Gasteiger partial charge in [0.25, 0.3) is 5.91 Å². The average Bonchev–Trinajstić information content (AvgIpc) is 2.95. The highest BCUT2D eigenvalue weighted by molar-refractivity contribution is 9.10. The van der Waals surface area contributed by atoms with Crippen molar-refractivity contribution in [2.75, 3.05) is 29.6 Å². The molecule has 40 heavy (non-hydrogen) atoms. The molecule has 5 aromatic rings. The van der Waals surface area contributed by atoms with Crippen LogP contribution in [0.5, 0.6) is 0 Å². The first-order valence-electron chi connectivity index (χ1n) is 12.8. The normalized spacial score (nSPS) is 11.1. The highest BCUT2D eigenvalue weighted by Crippen LogP contribution is 2.38. The van der Waals surface area contributed by atoms with Gasteiger partial charge in [-0.05, 0) is 84.8 Å². The molecule has 0 aliphatic carbocycles. The van der Waals surface area contributed by atoms with Crippen LogP contribution in [-0.4, -0.2) is 35.0 Å². The fraction of sp³-hybridized carbons (Fsp3) is 0.161. The third kappa shape index (κ3) is 6.43. The number of nitrogens with zero attached hydrogens (tertiary/aromatic N) is 4. The number of hydrogen-bond donors (Lipinski definition) is 2. The third-order valence-electron chi connectivity index (χ3n) is 6.29. The highest BCUT2D eigenvalue weighted by Gasteiger charge is 2.14. The highest BCUT2D eigenvalue weighted by atomic mass is 79.9. The van der Waals surface area contributed by atoms with Gasteiger partial charge in [0, 0.05) is 51.0 Å². The molecule has 0 bridgehead atoms. The molecule has 2 aromatic heterocycles. The number of halogens is 1. The van der Waals surface area contributed by atoms with Crippen molar-refractivity contribution in [3.05, 3.63) is 101 Å². The molecule has 0 radical (unpaired) electrons. The summed E-state index contributed by atoms with van der Waals surface area (Å²) in [4.78, 5) is 30.7. The van der Waals surface area contributed by atoms with E-state index >= 15 is 0 Å². The van der Waals surface area contributed by atoms with Crippen molar-refractivity contribution in [2.24, 2.45) is 0 Å². The maximum atomic E-state index is 12.9. The molecule has 2 heterocycles. The third-order valence-corrected chi connectivity index (χ3v) is 7.90. The zero-order valence-electron chi connectivity index (χ0n) is 22.6. The number of benzene rings is 3. The van der Waals surface area contributed by atoms with Crippen LogP contribution in [0.2, 0.25) is 0 Å². The van der Waals surface area contributed by atoms with E-state index in [2.05, 4.69) is 79.5 Å². The zero-order valence-corrected chi connectivity index (χ0v) is 25.0. The molecule has 3 aromatic carbocycles. The molecule has 202 valence electrons. The Bertz CT molecular complexity index is 1660. The van der Waals surface area contributed by atoms with Gasteiger partial charge in [0.15, 0.2) is 5.65 Å². The number of rotatable bonds is 8. The molecule has 1 amide bonds.